The standard InChI is InChI=1S/C10H20N2O2.ClH/c1-3-14-8(2)10(13)12-6-4-9(11)5-7-12;/h8-9H,3-7,11H2,1-2H3;1H. The molecule has 0 aromatic carbocycles. The summed E-state index contributed by atoms with van der Waals surface area (Å²) in [6.07, 6.45) is 1.50. The van der Waals surface area contributed by atoms with Gasteiger partial charge in [-0.1, -0.05) is 0 Å². The van der Waals surface area contributed by atoms with E-state index in [1.807, 2.05) is 11.8 Å². The number of piperidine rings is 1. The van der Waals surface area contributed by atoms with Crippen LogP contribution in [0.25, 0.3) is 0 Å². The van der Waals surface area contributed by atoms with Crippen molar-refractivity contribution in [3.8, 4) is 0 Å². The Morgan fingerprint density at radius 3 is 2.53 bits per heavy atom. The number of ether oxygens (including phenoxy) is 1. The maximum atomic E-state index is 11.8. The van der Waals surface area contributed by atoms with Gasteiger partial charge in [0.05, 0.1) is 0 Å². The lowest BCUT2D eigenvalue weighted by Crippen LogP contribution is -2.46. The van der Waals surface area contributed by atoms with Gasteiger partial charge in [0.15, 0.2) is 0 Å². The Labute approximate surface area is 97.5 Å². The zero-order chi connectivity index (χ0) is 10.6. The van der Waals surface area contributed by atoms with E-state index in [4.69, 9.17) is 10.5 Å². The van der Waals surface area contributed by atoms with E-state index in [0.29, 0.717) is 6.61 Å². The second kappa shape index (κ2) is 7.04. The summed E-state index contributed by atoms with van der Waals surface area (Å²) in [4.78, 5) is 13.6. The fraction of sp³-hybridized carbons (Fsp3) is 0.900. The van der Waals surface area contributed by atoms with Gasteiger partial charge in [-0.15, -0.1) is 12.4 Å². The summed E-state index contributed by atoms with van der Waals surface area (Å²) < 4.78 is 5.26. The van der Waals surface area contributed by atoms with Gasteiger partial charge in [-0.2, -0.15) is 0 Å². The molecule has 90 valence electrons. The Balaban J connectivity index is 0.00000196. The van der Waals surface area contributed by atoms with E-state index in [9.17, 15) is 4.79 Å². The minimum Gasteiger partial charge on any atom is -0.369 e. The van der Waals surface area contributed by atoms with Crippen molar-refractivity contribution in [3.63, 3.8) is 0 Å². The highest BCUT2D eigenvalue weighted by molar-refractivity contribution is 5.85. The van der Waals surface area contributed by atoms with Crippen molar-refractivity contribution in [3.05, 3.63) is 0 Å². The van der Waals surface area contributed by atoms with Crippen LogP contribution >= 0.6 is 12.4 Å². The molecule has 1 aliphatic heterocycles. The Kier molecular flexibility index (Phi) is 6.89. The fourth-order valence-electron chi connectivity index (χ4n) is 1.70. The van der Waals surface area contributed by atoms with E-state index in [0.717, 1.165) is 25.9 Å². The summed E-state index contributed by atoms with van der Waals surface area (Å²) in [5.74, 6) is 0.0961. The van der Waals surface area contributed by atoms with Crippen LogP contribution in [0.1, 0.15) is 26.7 Å². The van der Waals surface area contributed by atoms with Crippen LogP contribution in [-0.4, -0.2) is 42.6 Å². The quantitative estimate of drug-likeness (QED) is 0.788. The van der Waals surface area contributed by atoms with Crippen molar-refractivity contribution < 1.29 is 9.53 Å². The highest BCUT2D eigenvalue weighted by Crippen LogP contribution is 2.10. The van der Waals surface area contributed by atoms with E-state index in [1.165, 1.54) is 0 Å². The molecule has 5 heteroatoms. The Bertz CT molecular complexity index is 194. The Morgan fingerprint density at radius 1 is 1.53 bits per heavy atom. The number of rotatable bonds is 3. The fourth-order valence-corrected chi connectivity index (χ4v) is 1.70. The third-order valence-electron chi connectivity index (χ3n) is 2.62. The second-order valence-electron chi connectivity index (χ2n) is 3.76. The molecule has 1 heterocycles. The van der Waals surface area contributed by atoms with Gasteiger partial charge in [-0.05, 0) is 26.7 Å². The highest BCUT2D eigenvalue weighted by Gasteiger charge is 2.24. The maximum Gasteiger partial charge on any atom is 0.251 e. The number of nitrogens with zero attached hydrogens (tertiary/aromatic N) is 1. The summed E-state index contributed by atoms with van der Waals surface area (Å²) in [6.45, 7) is 5.84. The van der Waals surface area contributed by atoms with Gasteiger partial charge >= 0.3 is 0 Å². The Morgan fingerprint density at radius 2 is 2.07 bits per heavy atom. The SMILES string of the molecule is CCOC(C)C(=O)N1CCC(N)CC1.Cl. The van der Waals surface area contributed by atoms with Crippen molar-refractivity contribution >= 4 is 18.3 Å². The smallest absolute Gasteiger partial charge is 0.251 e. The van der Waals surface area contributed by atoms with E-state index < -0.39 is 0 Å². The molecule has 0 aromatic rings. The number of amides is 1. The third-order valence-corrected chi connectivity index (χ3v) is 2.62. The van der Waals surface area contributed by atoms with Crippen molar-refractivity contribution in [1.29, 1.82) is 0 Å². The van der Waals surface area contributed by atoms with Gasteiger partial charge in [-0.25, -0.2) is 0 Å². The van der Waals surface area contributed by atoms with Gasteiger partial charge < -0.3 is 15.4 Å². The topological polar surface area (TPSA) is 55.6 Å². The van der Waals surface area contributed by atoms with Crippen LogP contribution in [0.5, 0.6) is 0 Å². The first kappa shape index (κ1) is 14.7. The van der Waals surface area contributed by atoms with Gasteiger partial charge in [0.1, 0.15) is 6.10 Å². The summed E-state index contributed by atoms with van der Waals surface area (Å²) in [7, 11) is 0. The van der Waals surface area contributed by atoms with Crippen LogP contribution in [0.2, 0.25) is 0 Å². The van der Waals surface area contributed by atoms with E-state index >= 15 is 0 Å². The van der Waals surface area contributed by atoms with Crippen LogP contribution in [0.3, 0.4) is 0 Å². The van der Waals surface area contributed by atoms with E-state index in [1.54, 1.807) is 6.92 Å². The molecule has 2 N–H and O–H groups in total. The molecular formula is C10H21ClN2O2. The number of halogens is 1. The summed E-state index contributed by atoms with van der Waals surface area (Å²) in [5.41, 5.74) is 5.76. The zero-order valence-corrected chi connectivity index (χ0v) is 10.3. The third kappa shape index (κ3) is 4.36. The molecule has 0 aromatic heterocycles. The van der Waals surface area contributed by atoms with Gasteiger partial charge in [0, 0.05) is 25.7 Å². The molecule has 0 saturated carbocycles. The summed E-state index contributed by atoms with van der Waals surface area (Å²) >= 11 is 0. The van der Waals surface area contributed by atoms with Crippen molar-refractivity contribution in [1.82, 2.24) is 4.90 Å². The molecule has 1 amide bonds. The minimum atomic E-state index is -0.311. The van der Waals surface area contributed by atoms with Crippen LogP contribution in [-0.2, 0) is 9.53 Å². The predicted octanol–water partition coefficient (Wildman–Crippen LogP) is 0.783. The van der Waals surface area contributed by atoms with Crippen molar-refractivity contribution in [2.24, 2.45) is 5.73 Å². The molecule has 0 radical (unpaired) electrons. The van der Waals surface area contributed by atoms with E-state index in [2.05, 4.69) is 0 Å². The Hall–Kier alpha value is -0.320. The summed E-state index contributed by atoms with van der Waals surface area (Å²) in [6, 6.07) is 0.265. The molecule has 15 heavy (non-hydrogen) atoms. The zero-order valence-electron chi connectivity index (χ0n) is 9.44. The first-order chi connectivity index (χ1) is 6.65. The average molecular weight is 237 g/mol. The van der Waals surface area contributed by atoms with E-state index in [-0.39, 0.29) is 30.5 Å². The monoisotopic (exact) mass is 236 g/mol. The van der Waals surface area contributed by atoms with Crippen LogP contribution < -0.4 is 5.73 Å². The second-order valence-corrected chi connectivity index (χ2v) is 3.76. The van der Waals surface area contributed by atoms with Crippen LogP contribution in [0, 0.1) is 0 Å². The summed E-state index contributed by atoms with van der Waals surface area (Å²) in [5, 5.41) is 0. The first-order valence-electron chi connectivity index (χ1n) is 5.31. The van der Waals surface area contributed by atoms with Gasteiger partial charge in [0.25, 0.3) is 5.91 Å². The lowest BCUT2D eigenvalue weighted by atomic mass is 10.1. The van der Waals surface area contributed by atoms with Crippen molar-refractivity contribution in [2.75, 3.05) is 19.7 Å². The molecule has 1 unspecified atom stereocenters. The minimum absolute atomic E-state index is 0. The highest BCUT2D eigenvalue weighted by atomic mass is 35.5. The van der Waals surface area contributed by atoms with Gasteiger partial charge in [0.2, 0.25) is 0 Å². The molecule has 1 saturated heterocycles. The van der Waals surface area contributed by atoms with Crippen molar-refractivity contribution in [2.45, 2.75) is 38.8 Å². The van der Waals surface area contributed by atoms with Gasteiger partial charge in [-0.3, -0.25) is 4.79 Å². The number of carbonyl (C=O) groups excluding carboxylic acids is 1. The maximum absolute atomic E-state index is 11.8. The first-order valence-corrected chi connectivity index (χ1v) is 5.31. The largest absolute Gasteiger partial charge is 0.369 e. The number of hydrogen-bond donors (Lipinski definition) is 1. The lowest BCUT2D eigenvalue weighted by molar-refractivity contribution is -0.143. The number of carbonyl (C=O) groups is 1. The molecule has 4 nitrogen and oxygen atoms in total. The predicted molar refractivity (Wildman–Crippen MR) is 62.1 cm³/mol. The molecule has 1 rings (SSSR count). The molecule has 0 spiro atoms. The van der Waals surface area contributed by atoms with Crippen LogP contribution in [0.15, 0.2) is 0 Å². The molecule has 0 aliphatic carbocycles. The molecule has 1 fully saturated rings. The molecule has 1 aliphatic rings. The molecule has 1 atom stereocenters. The number of likely N-dealkylation sites (tertiary alicyclic amines) is 1. The van der Waals surface area contributed by atoms with Crippen LogP contribution in [0.4, 0.5) is 0 Å². The lowest BCUT2D eigenvalue weighted by Gasteiger charge is -2.31. The molecular weight excluding hydrogens is 216 g/mol. The molecule has 0 bridgehead atoms. The average Bonchev–Trinajstić information content (AvgIpc) is 2.18. The number of hydrogen-bond acceptors (Lipinski definition) is 3. The normalized spacial score (nSPS) is 19.5. The number of nitrogens with two attached hydrogens (primary N) is 1.